The number of nitrogens with zero attached hydrogens (tertiary/aromatic N) is 2. The average Bonchev–Trinajstić information content (AvgIpc) is 3.17. The van der Waals surface area contributed by atoms with Crippen molar-refractivity contribution in [1.82, 2.24) is 15.2 Å². The largest absolute Gasteiger partial charge is 0.444 e. The van der Waals surface area contributed by atoms with Gasteiger partial charge in [0.25, 0.3) is 5.91 Å². The number of nitrogens with one attached hydrogen (secondary N) is 1. The zero-order chi connectivity index (χ0) is 14.7. The number of benzene rings is 1. The summed E-state index contributed by atoms with van der Waals surface area (Å²) in [5.74, 6) is 0.976. The van der Waals surface area contributed by atoms with Crippen LogP contribution in [0.1, 0.15) is 16.9 Å². The number of likely N-dealkylation sites (tertiary alicyclic amines) is 1. The SMILES string of the molecule is CNCC1CCN(C(=O)c2coc(-c3ccccc3)n2)C1.Cl. The monoisotopic (exact) mass is 321 g/mol. The van der Waals surface area contributed by atoms with Gasteiger partial charge >= 0.3 is 0 Å². The summed E-state index contributed by atoms with van der Waals surface area (Å²) in [7, 11) is 1.94. The first kappa shape index (κ1) is 16.5. The molecule has 0 saturated carbocycles. The van der Waals surface area contributed by atoms with Gasteiger partial charge in [0.1, 0.15) is 6.26 Å². The highest BCUT2D eigenvalue weighted by atomic mass is 35.5. The van der Waals surface area contributed by atoms with E-state index in [1.165, 1.54) is 6.26 Å². The molecule has 1 saturated heterocycles. The van der Waals surface area contributed by atoms with Crippen LogP contribution in [-0.4, -0.2) is 42.5 Å². The van der Waals surface area contributed by atoms with Crippen LogP contribution in [0.2, 0.25) is 0 Å². The van der Waals surface area contributed by atoms with Gasteiger partial charge in [0.2, 0.25) is 5.89 Å². The number of aromatic nitrogens is 1. The van der Waals surface area contributed by atoms with E-state index in [4.69, 9.17) is 4.42 Å². The Kier molecular flexibility index (Phi) is 5.57. The number of halogens is 1. The van der Waals surface area contributed by atoms with Gasteiger partial charge in [-0.2, -0.15) is 0 Å². The Hall–Kier alpha value is -1.85. The summed E-state index contributed by atoms with van der Waals surface area (Å²) in [6, 6.07) is 9.61. The molecular formula is C16H20ClN3O2. The summed E-state index contributed by atoms with van der Waals surface area (Å²) in [5, 5.41) is 3.16. The van der Waals surface area contributed by atoms with Gasteiger partial charge in [-0.1, -0.05) is 18.2 Å². The van der Waals surface area contributed by atoms with Crippen LogP contribution < -0.4 is 5.32 Å². The molecule has 1 amide bonds. The molecule has 0 radical (unpaired) electrons. The second-order valence-corrected chi connectivity index (χ2v) is 5.37. The molecule has 1 aromatic heterocycles. The molecule has 3 rings (SSSR count). The summed E-state index contributed by atoms with van der Waals surface area (Å²) < 4.78 is 5.43. The molecule has 0 aliphatic carbocycles. The molecule has 2 aromatic rings. The molecule has 1 aliphatic heterocycles. The predicted molar refractivity (Wildman–Crippen MR) is 87.1 cm³/mol. The molecule has 2 heterocycles. The highest BCUT2D eigenvalue weighted by Crippen LogP contribution is 2.21. The Bertz CT molecular complexity index is 615. The highest BCUT2D eigenvalue weighted by molar-refractivity contribution is 5.92. The standard InChI is InChI=1S/C16H19N3O2.ClH/c1-17-9-12-7-8-19(10-12)16(20)14-11-21-15(18-14)13-5-3-2-4-6-13;/h2-6,11-12,17H,7-10H2,1H3;1H. The number of carbonyl (C=O) groups excluding carboxylic acids is 1. The van der Waals surface area contributed by atoms with Crippen LogP contribution in [0.4, 0.5) is 0 Å². The Morgan fingerprint density at radius 1 is 1.41 bits per heavy atom. The van der Waals surface area contributed by atoms with Crippen molar-refractivity contribution in [3.05, 3.63) is 42.3 Å². The molecule has 1 N–H and O–H groups in total. The molecule has 1 aliphatic rings. The van der Waals surface area contributed by atoms with E-state index < -0.39 is 0 Å². The first-order chi connectivity index (χ1) is 10.3. The van der Waals surface area contributed by atoms with Gasteiger partial charge in [-0.25, -0.2) is 4.98 Å². The van der Waals surface area contributed by atoms with Gasteiger partial charge in [-0.05, 0) is 38.1 Å². The van der Waals surface area contributed by atoms with Gasteiger partial charge in [-0.15, -0.1) is 12.4 Å². The van der Waals surface area contributed by atoms with Gasteiger partial charge < -0.3 is 14.6 Å². The second kappa shape index (κ2) is 7.42. The number of amides is 1. The molecule has 1 aromatic carbocycles. The van der Waals surface area contributed by atoms with Crippen molar-refractivity contribution in [2.45, 2.75) is 6.42 Å². The van der Waals surface area contributed by atoms with Crippen LogP contribution >= 0.6 is 12.4 Å². The van der Waals surface area contributed by atoms with Crippen molar-refractivity contribution in [1.29, 1.82) is 0 Å². The third-order valence-electron chi connectivity index (χ3n) is 3.81. The second-order valence-electron chi connectivity index (χ2n) is 5.37. The zero-order valence-corrected chi connectivity index (χ0v) is 13.3. The van der Waals surface area contributed by atoms with Crippen molar-refractivity contribution in [2.75, 3.05) is 26.7 Å². The van der Waals surface area contributed by atoms with E-state index in [0.29, 0.717) is 17.5 Å². The molecule has 0 spiro atoms. The molecule has 6 heteroatoms. The fourth-order valence-electron chi connectivity index (χ4n) is 2.72. The van der Waals surface area contributed by atoms with Crippen LogP contribution in [0.5, 0.6) is 0 Å². The smallest absolute Gasteiger partial charge is 0.275 e. The van der Waals surface area contributed by atoms with Gasteiger partial charge in [-0.3, -0.25) is 4.79 Å². The van der Waals surface area contributed by atoms with Gasteiger partial charge in [0.05, 0.1) is 0 Å². The highest BCUT2D eigenvalue weighted by Gasteiger charge is 2.28. The van der Waals surface area contributed by atoms with E-state index in [1.54, 1.807) is 0 Å². The van der Waals surface area contributed by atoms with Crippen LogP contribution in [-0.2, 0) is 0 Å². The maximum absolute atomic E-state index is 12.4. The normalized spacial score (nSPS) is 17.3. The van der Waals surface area contributed by atoms with E-state index in [-0.39, 0.29) is 18.3 Å². The van der Waals surface area contributed by atoms with Gasteiger partial charge in [0.15, 0.2) is 5.69 Å². The van der Waals surface area contributed by atoms with Gasteiger partial charge in [0, 0.05) is 18.7 Å². The Morgan fingerprint density at radius 3 is 2.91 bits per heavy atom. The van der Waals surface area contributed by atoms with Crippen molar-refractivity contribution in [2.24, 2.45) is 5.92 Å². The molecular weight excluding hydrogens is 302 g/mol. The third kappa shape index (κ3) is 3.48. The lowest BCUT2D eigenvalue weighted by Gasteiger charge is -2.14. The van der Waals surface area contributed by atoms with E-state index in [1.807, 2.05) is 42.3 Å². The summed E-state index contributed by atoms with van der Waals surface area (Å²) in [4.78, 5) is 18.6. The molecule has 1 unspecified atom stereocenters. The first-order valence-corrected chi connectivity index (χ1v) is 7.22. The molecule has 5 nitrogen and oxygen atoms in total. The molecule has 1 fully saturated rings. The topological polar surface area (TPSA) is 58.4 Å². The summed E-state index contributed by atoms with van der Waals surface area (Å²) >= 11 is 0. The average molecular weight is 322 g/mol. The summed E-state index contributed by atoms with van der Waals surface area (Å²) in [6.07, 6.45) is 2.49. The lowest BCUT2D eigenvalue weighted by Crippen LogP contribution is -2.30. The molecule has 22 heavy (non-hydrogen) atoms. The Morgan fingerprint density at radius 2 is 2.18 bits per heavy atom. The van der Waals surface area contributed by atoms with Crippen LogP contribution in [0.15, 0.2) is 41.0 Å². The third-order valence-corrected chi connectivity index (χ3v) is 3.81. The van der Waals surface area contributed by atoms with E-state index in [0.717, 1.165) is 31.6 Å². The first-order valence-electron chi connectivity index (χ1n) is 7.22. The summed E-state index contributed by atoms with van der Waals surface area (Å²) in [5.41, 5.74) is 1.27. The minimum atomic E-state index is -0.0421. The van der Waals surface area contributed by atoms with Crippen molar-refractivity contribution >= 4 is 18.3 Å². The van der Waals surface area contributed by atoms with Crippen molar-refractivity contribution in [3.63, 3.8) is 0 Å². The lowest BCUT2D eigenvalue weighted by atomic mass is 10.1. The van der Waals surface area contributed by atoms with Crippen LogP contribution in [0, 0.1) is 5.92 Å². The van der Waals surface area contributed by atoms with Crippen LogP contribution in [0.25, 0.3) is 11.5 Å². The number of hydrogen-bond donors (Lipinski definition) is 1. The maximum atomic E-state index is 12.4. The number of rotatable bonds is 4. The van der Waals surface area contributed by atoms with Crippen molar-refractivity contribution < 1.29 is 9.21 Å². The maximum Gasteiger partial charge on any atom is 0.275 e. The Balaban J connectivity index is 0.00000176. The molecule has 0 bridgehead atoms. The fraction of sp³-hybridized carbons (Fsp3) is 0.375. The lowest BCUT2D eigenvalue weighted by molar-refractivity contribution is 0.0781. The van der Waals surface area contributed by atoms with E-state index in [2.05, 4.69) is 10.3 Å². The van der Waals surface area contributed by atoms with Crippen LogP contribution in [0.3, 0.4) is 0 Å². The quantitative estimate of drug-likeness (QED) is 0.939. The fourth-order valence-corrected chi connectivity index (χ4v) is 2.72. The minimum absolute atomic E-state index is 0. The van der Waals surface area contributed by atoms with E-state index in [9.17, 15) is 4.79 Å². The predicted octanol–water partition coefficient (Wildman–Crippen LogP) is 2.44. The Labute approximate surface area is 136 Å². The zero-order valence-electron chi connectivity index (χ0n) is 12.5. The minimum Gasteiger partial charge on any atom is -0.444 e. The summed E-state index contributed by atoms with van der Waals surface area (Å²) in [6.45, 7) is 2.52. The molecule has 118 valence electrons. The molecule has 1 atom stereocenters. The number of hydrogen-bond acceptors (Lipinski definition) is 4. The number of carbonyl (C=O) groups is 1. The van der Waals surface area contributed by atoms with E-state index >= 15 is 0 Å². The van der Waals surface area contributed by atoms with Crippen molar-refractivity contribution in [3.8, 4) is 11.5 Å². The number of oxazole rings is 1.